The highest BCUT2D eigenvalue weighted by atomic mass is 16.1. The molecule has 0 unspecified atom stereocenters. The molecular weight excluding hydrogens is 166 g/mol. The monoisotopic (exact) mass is 189 g/mol. The quantitative estimate of drug-likeness (QED) is 0.418. The summed E-state index contributed by atoms with van der Waals surface area (Å²) in [5.41, 5.74) is 5.62. The number of aldehydes is 1. The van der Waals surface area contributed by atoms with Gasteiger partial charge in [-0.2, -0.15) is 0 Å². The average Bonchev–Trinajstić information content (AvgIpc) is 2.05. The molecule has 0 aromatic rings. The van der Waals surface area contributed by atoms with Gasteiger partial charge in [-0.25, -0.2) is 0 Å². The molecule has 80 valence electrons. The number of rotatable bonds is 3. The van der Waals surface area contributed by atoms with Gasteiger partial charge in [0, 0.05) is 2.85 Å². The number of carbonyl (C=O) groups excluding carboxylic acids is 2. The zero-order chi connectivity index (χ0) is 10.9. The van der Waals surface area contributed by atoms with E-state index in [1.807, 2.05) is 0 Å². The summed E-state index contributed by atoms with van der Waals surface area (Å²) >= 11 is 0. The van der Waals surface area contributed by atoms with E-state index in [-0.39, 0.29) is 15.1 Å². The Morgan fingerprint density at radius 2 is 1.92 bits per heavy atom. The van der Waals surface area contributed by atoms with Gasteiger partial charge in [-0.15, -0.1) is 0 Å². The van der Waals surface area contributed by atoms with Gasteiger partial charge < -0.3 is 10.5 Å². The molecule has 0 saturated heterocycles. The first-order chi connectivity index (χ1) is 5.87. The van der Waals surface area contributed by atoms with Gasteiger partial charge in [-0.1, -0.05) is 27.4 Å². The normalized spacial score (nSPS) is 9.54. The number of nitrogens with two attached hydrogens (primary N) is 1. The van der Waals surface area contributed by atoms with Crippen molar-refractivity contribution in [3.05, 3.63) is 12.7 Å². The average molecular weight is 189 g/mol. The Morgan fingerprint density at radius 3 is 2.00 bits per heavy atom. The third-order valence-electron chi connectivity index (χ3n) is 1.12. The number of allylic oxidation sites excluding steroid dienone is 1. The second-order valence-electron chi connectivity index (χ2n) is 3.81. The minimum atomic E-state index is -0.227. The minimum absolute atomic E-state index is 0. The highest BCUT2D eigenvalue weighted by molar-refractivity contribution is 5.97. The Labute approximate surface area is 83.0 Å². The topological polar surface area (TPSA) is 60.2 Å². The van der Waals surface area contributed by atoms with Crippen molar-refractivity contribution in [3.63, 3.8) is 0 Å². The van der Waals surface area contributed by atoms with Crippen LogP contribution < -0.4 is 5.73 Å². The van der Waals surface area contributed by atoms with E-state index >= 15 is 0 Å². The Bertz CT molecular complexity index is 177. The lowest BCUT2D eigenvalue weighted by Gasteiger charge is -2.12. The zero-order valence-electron chi connectivity index (χ0n) is 8.67. The maximum Gasteiger partial charge on any atom is 0.162 e. The summed E-state index contributed by atoms with van der Waals surface area (Å²) in [7, 11) is 0. The number of hydrogen-bond donors (Lipinski definition) is 1. The van der Waals surface area contributed by atoms with Gasteiger partial charge in [0.1, 0.15) is 6.29 Å². The minimum Gasteiger partial charge on any atom is -0.330 e. The molecule has 0 aromatic heterocycles. The predicted octanol–water partition coefficient (Wildman–Crippen LogP) is 1.81. The molecule has 0 saturated carbocycles. The van der Waals surface area contributed by atoms with E-state index in [2.05, 4.69) is 27.4 Å². The van der Waals surface area contributed by atoms with Crippen LogP contribution >= 0.6 is 0 Å². The molecule has 0 atom stereocenters. The van der Waals surface area contributed by atoms with Crippen LogP contribution in [0.3, 0.4) is 0 Å². The number of carbonyl (C=O) groups is 2. The molecule has 0 aliphatic rings. The van der Waals surface area contributed by atoms with Crippen LogP contribution in [0.5, 0.6) is 0 Å². The first-order valence-electron chi connectivity index (χ1n) is 4.16. The number of ketones is 1. The standard InChI is InChI=1S/C5H13N.C5H6O2.2H2/c1-5(2,3)4-6;1-2-5(7)3-4-6;;/h4,6H2,1-3H3;2,4H,1,3H2;2*1H. The summed E-state index contributed by atoms with van der Waals surface area (Å²) in [6.07, 6.45) is 1.65. The van der Waals surface area contributed by atoms with Crippen molar-refractivity contribution in [1.29, 1.82) is 0 Å². The highest BCUT2D eigenvalue weighted by Crippen LogP contribution is 2.07. The van der Waals surface area contributed by atoms with Crippen molar-refractivity contribution in [2.75, 3.05) is 6.54 Å². The first kappa shape index (κ1) is 14.6. The van der Waals surface area contributed by atoms with Crippen molar-refractivity contribution >= 4 is 12.1 Å². The molecule has 3 nitrogen and oxygen atoms in total. The molecule has 0 radical (unpaired) electrons. The van der Waals surface area contributed by atoms with Gasteiger partial charge in [-0.05, 0) is 18.0 Å². The van der Waals surface area contributed by atoms with Crippen LogP contribution in [0, 0.1) is 5.41 Å². The van der Waals surface area contributed by atoms with E-state index < -0.39 is 0 Å². The van der Waals surface area contributed by atoms with Crippen LogP contribution in [0.1, 0.15) is 30.0 Å². The lowest BCUT2D eigenvalue weighted by Crippen LogP contribution is -2.18. The number of hydrogen-bond acceptors (Lipinski definition) is 3. The molecule has 13 heavy (non-hydrogen) atoms. The Balaban J connectivity index is -0.0000000718. The summed E-state index contributed by atoms with van der Waals surface area (Å²) < 4.78 is 0. The van der Waals surface area contributed by atoms with Crippen LogP contribution in [0.25, 0.3) is 0 Å². The Morgan fingerprint density at radius 1 is 1.54 bits per heavy atom. The molecule has 0 rings (SSSR count). The third kappa shape index (κ3) is 18.2. The molecule has 0 aliphatic carbocycles. The van der Waals surface area contributed by atoms with E-state index in [9.17, 15) is 9.59 Å². The van der Waals surface area contributed by atoms with Crippen molar-refractivity contribution in [2.45, 2.75) is 27.2 Å². The van der Waals surface area contributed by atoms with E-state index in [4.69, 9.17) is 5.73 Å². The fourth-order valence-electron chi connectivity index (χ4n) is 0.165. The lowest BCUT2D eigenvalue weighted by molar-refractivity contribution is -0.118. The fourth-order valence-corrected chi connectivity index (χ4v) is 0.165. The molecule has 0 heterocycles. The van der Waals surface area contributed by atoms with Crippen LogP contribution in [0.4, 0.5) is 0 Å². The summed E-state index contributed by atoms with van der Waals surface area (Å²) in [4.78, 5) is 19.6. The summed E-state index contributed by atoms with van der Waals surface area (Å²) in [6.45, 7) is 10.3. The van der Waals surface area contributed by atoms with Crippen molar-refractivity contribution < 1.29 is 12.4 Å². The van der Waals surface area contributed by atoms with E-state index in [1.165, 1.54) is 0 Å². The van der Waals surface area contributed by atoms with Gasteiger partial charge >= 0.3 is 0 Å². The largest absolute Gasteiger partial charge is 0.330 e. The highest BCUT2D eigenvalue weighted by Gasteiger charge is 2.03. The van der Waals surface area contributed by atoms with Gasteiger partial charge in [0.2, 0.25) is 0 Å². The first-order valence-corrected chi connectivity index (χ1v) is 4.16. The zero-order valence-corrected chi connectivity index (χ0v) is 8.67. The third-order valence-corrected chi connectivity index (χ3v) is 1.12. The van der Waals surface area contributed by atoms with Crippen molar-refractivity contribution in [3.8, 4) is 0 Å². The van der Waals surface area contributed by atoms with Crippen LogP contribution in [-0.4, -0.2) is 18.6 Å². The fraction of sp³-hybridized carbons (Fsp3) is 0.600. The van der Waals surface area contributed by atoms with Crippen molar-refractivity contribution in [1.82, 2.24) is 0 Å². The maximum atomic E-state index is 10.1. The summed E-state index contributed by atoms with van der Waals surface area (Å²) in [5, 5.41) is 0. The maximum absolute atomic E-state index is 10.1. The van der Waals surface area contributed by atoms with Crippen LogP contribution in [-0.2, 0) is 9.59 Å². The van der Waals surface area contributed by atoms with E-state index in [0.717, 1.165) is 12.6 Å². The predicted molar refractivity (Wildman–Crippen MR) is 58.6 cm³/mol. The molecule has 3 heteroatoms. The molecular formula is C10H23NO2. The second-order valence-corrected chi connectivity index (χ2v) is 3.81. The molecule has 2 N–H and O–H groups in total. The lowest BCUT2D eigenvalue weighted by atomic mass is 9.98. The van der Waals surface area contributed by atoms with Gasteiger partial charge in [0.15, 0.2) is 5.78 Å². The van der Waals surface area contributed by atoms with E-state index in [1.54, 1.807) is 0 Å². The van der Waals surface area contributed by atoms with Crippen LogP contribution in [0.2, 0.25) is 0 Å². The molecule has 0 fully saturated rings. The van der Waals surface area contributed by atoms with Crippen LogP contribution in [0.15, 0.2) is 12.7 Å². The van der Waals surface area contributed by atoms with Gasteiger partial charge in [0.25, 0.3) is 0 Å². The molecule has 0 aromatic carbocycles. The summed E-state index contributed by atoms with van der Waals surface area (Å²) in [5.74, 6) is -0.227. The smallest absolute Gasteiger partial charge is 0.162 e. The van der Waals surface area contributed by atoms with Gasteiger partial charge in [0.05, 0.1) is 6.42 Å². The molecule has 0 bridgehead atoms. The molecule has 0 amide bonds. The molecule has 0 spiro atoms. The summed E-state index contributed by atoms with van der Waals surface area (Å²) in [6, 6.07) is 0. The van der Waals surface area contributed by atoms with E-state index in [0.29, 0.717) is 11.7 Å². The van der Waals surface area contributed by atoms with Crippen molar-refractivity contribution in [2.24, 2.45) is 11.1 Å². The van der Waals surface area contributed by atoms with Gasteiger partial charge in [-0.3, -0.25) is 4.79 Å². The Kier molecular flexibility index (Phi) is 8.60. The molecule has 0 aliphatic heterocycles. The Hall–Kier alpha value is -0.960. The second kappa shape index (κ2) is 7.68. The SMILES string of the molecule is C=CC(=O)CC=O.CC(C)(C)CN.[HH].[HH].